The van der Waals surface area contributed by atoms with Crippen molar-refractivity contribution in [2.24, 2.45) is 11.8 Å². The molecule has 7 heteroatoms. The normalized spacial score (nSPS) is 31.1. The number of aliphatic hydroxyl groups is 1. The molecule has 2 fully saturated rings. The van der Waals surface area contributed by atoms with Gasteiger partial charge in [0.2, 0.25) is 5.79 Å². The Labute approximate surface area is 159 Å². The van der Waals surface area contributed by atoms with Crippen molar-refractivity contribution in [2.45, 2.75) is 102 Å². The van der Waals surface area contributed by atoms with Crippen LogP contribution < -0.4 is 0 Å². The zero-order valence-corrected chi connectivity index (χ0v) is 16.1. The van der Waals surface area contributed by atoms with Gasteiger partial charge in [0.15, 0.2) is 0 Å². The smallest absolute Gasteiger partial charge is 0.303 e. The molecular weight excluding hydrogens is 358 g/mol. The molecule has 0 radical (unpaired) electrons. The highest BCUT2D eigenvalue weighted by Gasteiger charge is 2.59. The maximum Gasteiger partial charge on any atom is 0.303 e. The monoisotopic (exact) mass is 390 g/mol. The summed E-state index contributed by atoms with van der Waals surface area (Å²) in [6.45, 7) is 1.82. The number of carbonyl (C=O) groups is 2. The predicted molar refractivity (Wildman–Crippen MR) is 95.5 cm³/mol. The molecule has 2 N–H and O–H groups in total. The van der Waals surface area contributed by atoms with Gasteiger partial charge in [0, 0.05) is 31.6 Å². The number of carbonyl (C=O) groups excluding carboxylic acids is 1. The number of unbranched alkanes of at least 4 members (excludes halogenated alkanes) is 4. The molecule has 0 aromatic rings. The van der Waals surface area contributed by atoms with Crippen molar-refractivity contribution in [3.63, 3.8) is 0 Å². The van der Waals surface area contributed by atoms with Crippen LogP contribution in [0.1, 0.15) is 84.0 Å². The minimum Gasteiger partial charge on any atom is -0.481 e. The summed E-state index contributed by atoms with van der Waals surface area (Å²) in [4.78, 5) is 22.8. The third-order valence-electron chi connectivity index (χ3n) is 6.04. The van der Waals surface area contributed by atoms with Crippen LogP contribution in [0.25, 0.3) is 0 Å². The van der Waals surface area contributed by atoms with E-state index in [0.717, 1.165) is 19.3 Å². The van der Waals surface area contributed by atoms with E-state index in [0.29, 0.717) is 32.1 Å². The first-order chi connectivity index (χ1) is 12.7. The van der Waals surface area contributed by atoms with E-state index in [-0.39, 0.29) is 36.9 Å². The Morgan fingerprint density at radius 2 is 1.96 bits per heavy atom. The van der Waals surface area contributed by atoms with Crippen molar-refractivity contribution in [3.05, 3.63) is 0 Å². The van der Waals surface area contributed by atoms with Crippen LogP contribution in [0.4, 0.5) is 8.78 Å². The molecule has 4 atom stereocenters. The lowest BCUT2D eigenvalue weighted by molar-refractivity contribution is -0.356. The fourth-order valence-corrected chi connectivity index (χ4v) is 4.42. The average Bonchev–Trinajstić information content (AvgIpc) is 2.90. The van der Waals surface area contributed by atoms with E-state index in [2.05, 4.69) is 0 Å². The number of rotatable bonds is 11. The highest BCUT2D eigenvalue weighted by atomic mass is 19.3. The predicted octanol–water partition coefficient (Wildman–Crippen LogP) is 4.31. The molecule has 2 rings (SSSR count). The van der Waals surface area contributed by atoms with Gasteiger partial charge in [-0.3, -0.25) is 9.59 Å². The molecule has 0 spiro atoms. The van der Waals surface area contributed by atoms with Crippen molar-refractivity contribution in [1.29, 1.82) is 0 Å². The Balaban J connectivity index is 1.84. The number of aliphatic carboxylic acids is 1. The number of ether oxygens (including phenoxy) is 1. The summed E-state index contributed by atoms with van der Waals surface area (Å²) in [6.07, 6.45) is 4.17. The number of carboxylic acids is 1. The standard InChI is InChI=1S/C20H32F2O5/c1-2-3-11-19(21,22)20(26)12-10-15-14(16(23)13-17(15)27-20)8-6-4-5-7-9-18(24)25/h14-15,17,26H,2-13H2,1H3,(H,24,25)/t14-,15+,17+,20+/m0/s1. The molecule has 156 valence electrons. The summed E-state index contributed by atoms with van der Waals surface area (Å²) in [5, 5.41) is 19.1. The topological polar surface area (TPSA) is 83.8 Å². The second-order valence-corrected chi connectivity index (χ2v) is 8.07. The molecule has 2 aliphatic rings. The zero-order chi connectivity index (χ0) is 20.1. The third kappa shape index (κ3) is 5.47. The van der Waals surface area contributed by atoms with Gasteiger partial charge < -0.3 is 14.9 Å². The Hall–Kier alpha value is -1.08. The SMILES string of the molecule is CCCCC(F)(F)[C@@]1(O)CC[C@@H]2[C@H](CCCCCCC(=O)O)C(=O)C[C@H]2O1. The van der Waals surface area contributed by atoms with Crippen LogP contribution >= 0.6 is 0 Å². The van der Waals surface area contributed by atoms with Gasteiger partial charge in [0.25, 0.3) is 0 Å². The average molecular weight is 390 g/mol. The first kappa shape index (κ1) is 22.2. The highest BCUT2D eigenvalue weighted by molar-refractivity contribution is 5.84. The van der Waals surface area contributed by atoms with Gasteiger partial charge in [0.1, 0.15) is 5.78 Å². The molecule has 0 aromatic carbocycles. The van der Waals surface area contributed by atoms with E-state index >= 15 is 0 Å². The fraction of sp³-hybridized carbons (Fsp3) is 0.900. The largest absolute Gasteiger partial charge is 0.481 e. The number of fused-ring (bicyclic) bond motifs is 1. The highest BCUT2D eigenvalue weighted by Crippen LogP contribution is 2.49. The number of alkyl halides is 2. The van der Waals surface area contributed by atoms with Gasteiger partial charge >= 0.3 is 11.9 Å². The maximum atomic E-state index is 14.4. The van der Waals surface area contributed by atoms with E-state index < -0.39 is 30.2 Å². The van der Waals surface area contributed by atoms with Crippen LogP contribution in [0.5, 0.6) is 0 Å². The maximum absolute atomic E-state index is 14.4. The van der Waals surface area contributed by atoms with Crippen molar-refractivity contribution in [3.8, 4) is 0 Å². The minimum atomic E-state index is -3.31. The Morgan fingerprint density at radius 1 is 1.26 bits per heavy atom. The van der Waals surface area contributed by atoms with Gasteiger partial charge in [-0.2, -0.15) is 0 Å². The number of ketones is 1. The summed E-state index contributed by atoms with van der Waals surface area (Å²) in [5.41, 5.74) is 0. The van der Waals surface area contributed by atoms with E-state index in [1.807, 2.05) is 6.92 Å². The minimum absolute atomic E-state index is 0.0386. The Bertz CT molecular complexity index is 525. The second-order valence-electron chi connectivity index (χ2n) is 8.07. The van der Waals surface area contributed by atoms with Crippen molar-refractivity contribution >= 4 is 11.8 Å². The molecule has 0 amide bonds. The number of Topliss-reactive ketones (excluding diaryl/α,β-unsaturated/α-hetero) is 1. The molecule has 0 aromatic heterocycles. The summed E-state index contributed by atoms with van der Waals surface area (Å²) in [7, 11) is 0. The van der Waals surface area contributed by atoms with Crippen LogP contribution in [-0.4, -0.2) is 39.8 Å². The molecule has 5 nitrogen and oxygen atoms in total. The van der Waals surface area contributed by atoms with E-state index in [1.165, 1.54) is 0 Å². The van der Waals surface area contributed by atoms with Gasteiger partial charge in [-0.25, -0.2) is 8.78 Å². The van der Waals surface area contributed by atoms with E-state index in [1.54, 1.807) is 0 Å². The van der Waals surface area contributed by atoms with Crippen LogP contribution in [0.2, 0.25) is 0 Å². The van der Waals surface area contributed by atoms with Crippen LogP contribution in [0.3, 0.4) is 0 Å². The molecule has 0 unspecified atom stereocenters. The van der Waals surface area contributed by atoms with Crippen molar-refractivity contribution < 1.29 is 33.3 Å². The summed E-state index contributed by atoms with van der Waals surface area (Å²) in [6, 6.07) is 0. The van der Waals surface area contributed by atoms with Gasteiger partial charge in [-0.15, -0.1) is 0 Å². The van der Waals surface area contributed by atoms with Crippen LogP contribution in [0.15, 0.2) is 0 Å². The lowest BCUT2D eigenvalue weighted by Crippen LogP contribution is -2.55. The summed E-state index contributed by atoms with van der Waals surface area (Å²) < 4.78 is 34.3. The van der Waals surface area contributed by atoms with E-state index in [9.17, 15) is 23.5 Å². The van der Waals surface area contributed by atoms with Crippen LogP contribution in [-0.2, 0) is 14.3 Å². The van der Waals surface area contributed by atoms with Crippen LogP contribution in [0, 0.1) is 11.8 Å². The number of hydrogen-bond acceptors (Lipinski definition) is 4. The number of halogens is 2. The first-order valence-corrected chi connectivity index (χ1v) is 10.2. The lowest BCUT2D eigenvalue weighted by Gasteiger charge is -2.43. The first-order valence-electron chi connectivity index (χ1n) is 10.2. The van der Waals surface area contributed by atoms with Gasteiger partial charge in [-0.1, -0.05) is 32.6 Å². The summed E-state index contributed by atoms with van der Waals surface area (Å²) in [5.74, 6) is -6.82. The summed E-state index contributed by atoms with van der Waals surface area (Å²) >= 11 is 0. The Morgan fingerprint density at radius 3 is 2.63 bits per heavy atom. The van der Waals surface area contributed by atoms with E-state index in [4.69, 9.17) is 9.84 Å². The molecule has 1 aliphatic heterocycles. The fourth-order valence-electron chi connectivity index (χ4n) is 4.42. The molecular formula is C20H32F2O5. The second kappa shape index (κ2) is 9.41. The molecule has 1 saturated heterocycles. The quantitative estimate of drug-likeness (QED) is 0.514. The Kier molecular flexibility index (Phi) is 7.74. The molecule has 27 heavy (non-hydrogen) atoms. The third-order valence-corrected chi connectivity index (χ3v) is 6.04. The zero-order valence-electron chi connectivity index (χ0n) is 16.1. The lowest BCUT2D eigenvalue weighted by atomic mass is 9.81. The molecule has 0 bridgehead atoms. The number of carboxylic acid groups (broad SMARTS) is 1. The van der Waals surface area contributed by atoms with Gasteiger partial charge in [0.05, 0.1) is 6.10 Å². The van der Waals surface area contributed by atoms with Crippen molar-refractivity contribution in [2.75, 3.05) is 0 Å². The molecule has 1 saturated carbocycles. The molecule has 1 aliphatic carbocycles. The molecule has 1 heterocycles. The number of hydrogen-bond donors (Lipinski definition) is 2. The van der Waals surface area contributed by atoms with Crippen molar-refractivity contribution in [1.82, 2.24) is 0 Å². The van der Waals surface area contributed by atoms with Gasteiger partial charge in [-0.05, 0) is 31.6 Å².